The van der Waals surface area contributed by atoms with Crippen LogP contribution in [0.1, 0.15) is 26.2 Å². The number of nitrogens with one attached hydrogen (secondary N) is 1. The van der Waals surface area contributed by atoms with E-state index in [0.717, 1.165) is 12.8 Å². The third-order valence-electron chi connectivity index (χ3n) is 1.58. The van der Waals surface area contributed by atoms with E-state index in [-0.39, 0.29) is 12.3 Å². The van der Waals surface area contributed by atoms with Crippen molar-refractivity contribution in [3.63, 3.8) is 0 Å². The van der Waals surface area contributed by atoms with Crippen LogP contribution in [-0.4, -0.2) is 29.6 Å². The largest absolute Gasteiger partial charge is 0.480 e. The minimum atomic E-state index is -1.15. The first kappa shape index (κ1) is 11.9. The second-order valence-electron chi connectivity index (χ2n) is 2.85. The summed E-state index contributed by atoms with van der Waals surface area (Å²) in [4.78, 5) is 21.2. The van der Waals surface area contributed by atoms with Crippen molar-refractivity contribution in [3.8, 4) is 0 Å². The van der Waals surface area contributed by atoms with Crippen LogP contribution in [-0.2, 0) is 9.59 Å². The molecule has 0 spiro atoms. The van der Waals surface area contributed by atoms with Gasteiger partial charge in [-0.05, 0) is 6.42 Å². The van der Waals surface area contributed by atoms with Crippen LogP contribution in [0.4, 0.5) is 0 Å². The van der Waals surface area contributed by atoms with Crippen molar-refractivity contribution >= 4 is 11.9 Å². The number of rotatable bonds is 6. The summed E-state index contributed by atoms with van der Waals surface area (Å²) >= 11 is 0. The van der Waals surface area contributed by atoms with Gasteiger partial charge in [-0.1, -0.05) is 13.3 Å². The molecule has 0 saturated carbocycles. The van der Waals surface area contributed by atoms with Crippen molar-refractivity contribution in [1.82, 2.24) is 5.32 Å². The van der Waals surface area contributed by atoms with Gasteiger partial charge in [-0.15, -0.1) is 0 Å². The first-order valence-electron chi connectivity index (χ1n) is 4.33. The molecule has 0 heterocycles. The summed E-state index contributed by atoms with van der Waals surface area (Å²) in [6.07, 6.45) is 1.73. The van der Waals surface area contributed by atoms with Crippen LogP contribution in [0.2, 0.25) is 0 Å². The number of carbonyl (C=O) groups excluding carboxylic acids is 1. The fourth-order valence-corrected chi connectivity index (χ4v) is 0.764. The van der Waals surface area contributed by atoms with E-state index >= 15 is 0 Å². The van der Waals surface area contributed by atoms with E-state index in [0.29, 0.717) is 6.54 Å². The number of amides is 1. The minimum absolute atomic E-state index is 0.154. The highest BCUT2D eigenvalue weighted by molar-refractivity contribution is 5.84. The van der Waals surface area contributed by atoms with E-state index in [1.165, 1.54) is 0 Å². The van der Waals surface area contributed by atoms with E-state index in [1.807, 2.05) is 6.92 Å². The molecule has 0 aromatic heterocycles. The minimum Gasteiger partial charge on any atom is -0.480 e. The predicted molar refractivity (Wildman–Crippen MR) is 48.1 cm³/mol. The van der Waals surface area contributed by atoms with E-state index in [1.54, 1.807) is 0 Å². The Bertz CT molecular complexity index is 182. The molecule has 0 bridgehead atoms. The first-order chi connectivity index (χ1) is 6.07. The number of carboxylic acids is 1. The molecule has 13 heavy (non-hydrogen) atoms. The van der Waals surface area contributed by atoms with Crippen LogP contribution < -0.4 is 11.1 Å². The van der Waals surface area contributed by atoms with Gasteiger partial charge in [0.15, 0.2) is 0 Å². The smallest absolute Gasteiger partial charge is 0.321 e. The summed E-state index contributed by atoms with van der Waals surface area (Å²) in [7, 11) is 0. The zero-order valence-electron chi connectivity index (χ0n) is 7.75. The van der Waals surface area contributed by atoms with Crippen LogP contribution in [0.5, 0.6) is 0 Å². The van der Waals surface area contributed by atoms with Gasteiger partial charge in [-0.25, -0.2) is 0 Å². The highest BCUT2D eigenvalue weighted by atomic mass is 16.4. The maximum absolute atomic E-state index is 11.0. The second kappa shape index (κ2) is 6.42. The molecule has 0 saturated heterocycles. The first-order valence-corrected chi connectivity index (χ1v) is 4.33. The number of nitrogens with two attached hydrogens (primary N) is 1. The van der Waals surface area contributed by atoms with E-state index in [4.69, 9.17) is 10.8 Å². The standard InChI is InChI=1S/C8H16N2O3/c1-2-3-4-10-7(11)5-6(9)8(12)13/h6H,2-5,9H2,1H3,(H,10,11)(H,12,13)/t6-/m0/s1. The van der Waals surface area contributed by atoms with E-state index in [2.05, 4.69) is 5.32 Å². The lowest BCUT2D eigenvalue weighted by molar-refractivity contribution is -0.140. The van der Waals surface area contributed by atoms with Crippen molar-refractivity contribution in [3.05, 3.63) is 0 Å². The zero-order chi connectivity index (χ0) is 10.3. The van der Waals surface area contributed by atoms with Crippen LogP contribution in [0.15, 0.2) is 0 Å². The molecule has 76 valence electrons. The normalized spacial score (nSPS) is 12.2. The Morgan fingerprint density at radius 3 is 2.62 bits per heavy atom. The van der Waals surface area contributed by atoms with Crippen molar-refractivity contribution < 1.29 is 14.7 Å². The van der Waals surface area contributed by atoms with Crippen molar-refractivity contribution in [2.75, 3.05) is 6.54 Å². The van der Waals surface area contributed by atoms with Gasteiger partial charge in [0.25, 0.3) is 0 Å². The Hall–Kier alpha value is -1.10. The lowest BCUT2D eigenvalue weighted by Crippen LogP contribution is -2.37. The highest BCUT2D eigenvalue weighted by Crippen LogP contribution is 1.89. The lowest BCUT2D eigenvalue weighted by Gasteiger charge is -2.06. The summed E-state index contributed by atoms with van der Waals surface area (Å²) < 4.78 is 0. The Kier molecular flexibility index (Phi) is 5.88. The average molecular weight is 188 g/mol. The molecule has 4 N–H and O–H groups in total. The molecule has 0 fully saturated rings. The third-order valence-corrected chi connectivity index (χ3v) is 1.58. The molecule has 0 aliphatic heterocycles. The lowest BCUT2D eigenvalue weighted by atomic mass is 10.2. The highest BCUT2D eigenvalue weighted by Gasteiger charge is 2.15. The van der Waals surface area contributed by atoms with E-state index < -0.39 is 12.0 Å². The molecule has 1 amide bonds. The maximum Gasteiger partial charge on any atom is 0.321 e. The molecular weight excluding hydrogens is 172 g/mol. The fraction of sp³-hybridized carbons (Fsp3) is 0.750. The van der Waals surface area contributed by atoms with Crippen LogP contribution in [0.3, 0.4) is 0 Å². The topological polar surface area (TPSA) is 92.4 Å². The number of hydrogen-bond donors (Lipinski definition) is 3. The predicted octanol–water partition coefficient (Wildman–Crippen LogP) is -0.295. The number of unbranched alkanes of at least 4 members (excludes halogenated alkanes) is 1. The van der Waals surface area contributed by atoms with Gasteiger partial charge in [0.1, 0.15) is 6.04 Å². The summed E-state index contributed by atoms with van der Waals surface area (Å²) in [6, 6.07) is -1.10. The molecule has 0 radical (unpaired) electrons. The number of hydrogen-bond acceptors (Lipinski definition) is 3. The summed E-state index contributed by atoms with van der Waals surface area (Å²) in [5.41, 5.74) is 5.16. The molecular formula is C8H16N2O3. The van der Waals surface area contributed by atoms with Gasteiger partial charge in [-0.3, -0.25) is 9.59 Å². The fourth-order valence-electron chi connectivity index (χ4n) is 0.764. The van der Waals surface area contributed by atoms with Crippen LogP contribution in [0.25, 0.3) is 0 Å². The van der Waals surface area contributed by atoms with Gasteiger partial charge in [0, 0.05) is 6.54 Å². The third kappa shape index (κ3) is 6.10. The molecule has 0 unspecified atom stereocenters. The van der Waals surface area contributed by atoms with Gasteiger partial charge in [-0.2, -0.15) is 0 Å². The molecule has 5 nitrogen and oxygen atoms in total. The molecule has 5 heteroatoms. The molecule has 0 rings (SSSR count). The quantitative estimate of drug-likeness (QED) is 0.499. The van der Waals surface area contributed by atoms with Crippen molar-refractivity contribution in [2.45, 2.75) is 32.2 Å². The Morgan fingerprint density at radius 1 is 1.54 bits per heavy atom. The number of carboxylic acid groups (broad SMARTS) is 1. The molecule has 0 aromatic rings. The molecule has 0 aromatic carbocycles. The molecule has 0 aliphatic rings. The summed E-state index contributed by atoms with van der Waals surface area (Å²) in [5.74, 6) is -1.45. The molecule has 1 atom stereocenters. The Balaban J connectivity index is 3.56. The number of carbonyl (C=O) groups is 2. The zero-order valence-corrected chi connectivity index (χ0v) is 7.75. The van der Waals surface area contributed by atoms with E-state index in [9.17, 15) is 9.59 Å². The van der Waals surface area contributed by atoms with Gasteiger partial charge >= 0.3 is 5.97 Å². The SMILES string of the molecule is CCCCNC(=O)C[C@H](N)C(=O)O. The van der Waals surface area contributed by atoms with Gasteiger partial charge < -0.3 is 16.2 Å². The summed E-state index contributed by atoms with van der Waals surface area (Å²) in [5, 5.41) is 11.0. The van der Waals surface area contributed by atoms with Crippen LogP contribution in [0, 0.1) is 0 Å². The maximum atomic E-state index is 11.0. The monoisotopic (exact) mass is 188 g/mol. The van der Waals surface area contributed by atoms with Crippen molar-refractivity contribution in [2.24, 2.45) is 5.73 Å². The molecule has 0 aliphatic carbocycles. The van der Waals surface area contributed by atoms with Gasteiger partial charge in [0.05, 0.1) is 6.42 Å². The van der Waals surface area contributed by atoms with Gasteiger partial charge in [0.2, 0.25) is 5.91 Å². The Morgan fingerprint density at radius 2 is 2.15 bits per heavy atom. The Labute approximate surface area is 77.3 Å². The summed E-state index contributed by atoms with van der Waals surface area (Å²) in [6.45, 7) is 2.59. The number of aliphatic carboxylic acids is 1. The van der Waals surface area contributed by atoms with Crippen molar-refractivity contribution in [1.29, 1.82) is 0 Å². The van der Waals surface area contributed by atoms with Crippen LogP contribution >= 0.6 is 0 Å². The average Bonchev–Trinajstić information content (AvgIpc) is 2.04. The second-order valence-corrected chi connectivity index (χ2v) is 2.85.